The van der Waals surface area contributed by atoms with Gasteiger partial charge in [0.2, 0.25) is 0 Å². The van der Waals surface area contributed by atoms with E-state index >= 15 is 0 Å². The standard InChI is InChI=1S/C18H25N5O2/c1-13(14-6-8-15(9-7-14)23-12-10-19-21-23)20-17(24)22-11-4-5-16(22)18(2,3)25/h6-10,12-13,16,25H,4-5,11H2,1-3H3,(H,20,24)/t13-,16+/m1/s1. The molecule has 1 aromatic carbocycles. The summed E-state index contributed by atoms with van der Waals surface area (Å²) >= 11 is 0. The highest BCUT2D eigenvalue weighted by Crippen LogP contribution is 2.27. The van der Waals surface area contributed by atoms with E-state index in [0.717, 1.165) is 24.1 Å². The molecule has 2 atom stereocenters. The number of hydrogen-bond donors (Lipinski definition) is 2. The van der Waals surface area contributed by atoms with Gasteiger partial charge in [-0.1, -0.05) is 17.3 Å². The number of hydrogen-bond acceptors (Lipinski definition) is 4. The molecular formula is C18H25N5O2. The third-order valence-corrected chi connectivity index (χ3v) is 4.75. The average Bonchev–Trinajstić information content (AvgIpc) is 3.26. The topological polar surface area (TPSA) is 83.3 Å². The lowest BCUT2D eigenvalue weighted by Crippen LogP contribution is -2.51. The van der Waals surface area contributed by atoms with E-state index in [4.69, 9.17) is 0 Å². The molecule has 7 nitrogen and oxygen atoms in total. The summed E-state index contributed by atoms with van der Waals surface area (Å²) in [5.41, 5.74) is 1.04. The van der Waals surface area contributed by atoms with E-state index in [1.165, 1.54) is 0 Å². The van der Waals surface area contributed by atoms with Gasteiger partial charge in [-0.05, 0) is 51.3 Å². The van der Waals surface area contributed by atoms with E-state index in [9.17, 15) is 9.90 Å². The van der Waals surface area contributed by atoms with Gasteiger partial charge in [0, 0.05) is 6.54 Å². The molecule has 1 fully saturated rings. The molecule has 1 saturated heterocycles. The van der Waals surface area contributed by atoms with E-state index in [0.29, 0.717) is 6.54 Å². The van der Waals surface area contributed by atoms with Crippen molar-refractivity contribution in [2.75, 3.05) is 6.54 Å². The van der Waals surface area contributed by atoms with Crippen molar-refractivity contribution >= 4 is 6.03 Å². The molecule has 0 unspecified atom stereocenters. The van der Waals surface area contributed by atoms with Gasteiger partial charge in [0.05, 0.1) is 35.8 Å². The third kappa shape index (κ3) is 3.82. The lowest BCUT2D eigenvalue weighted by molar-refractivity contribution is 0.00951. The van der Waals surface area contributed by atoms with Crippen LogP contribution in [0.1, 0.15) is 45.2 Å². The minimum Gasteiger partial charge on any atom is -0.388 e. The number of aliphatic hydroxyl groups is 1. The minimum absolute atomic E-state index is 0.125. The maximum Gasteiger partial charge on any atom is 0.318 e. The molecule has 2 aromatic rings. The number of likely N-dealkylation sites (tertiary alicyclic amines) is 1. The number of nitrogens with zero attached hydrogens (tertiary/aromatic N) is 4. The third-order valence-electron chi connectivity index (χ3n) is 4.75. The molecule has 0 aliphatic carbocycles. The van der Waals surface area contributed by atoms with Gasteiger partial charge in [-0.25, -0.2) is 9.48 Å². The van der Waals surface area contributed by atoms with E-state index in [2.05, 4.69) is 15.6 Å². The number of benzene rings is 1. The molecule has 2 heterocycles. The first-order valence-corrected chi connectivity index (χ1v) is 8.62. The first-order valence-electron chi connectivity index (χ1n) is 8.62. The molecule has 3 rings (SSSR count). The van der Waals surface area contributed by atoms with Gasteiger partial charge in [0.25, 0.3) is 0 Å². The zero-order valence-corrected chi connectivity index (χ0v) is 14.9. The fourth-order valence-electron chi connectivity index (χ4n) is 3.36. The number of carbonyl (C=O) groups excluding carboxylic acids is 1. The zero-order chi connectivity index (χ0) is 18.0. The molecule has 1 aliphatic heterocycles. The number of aromatic nitrogens is 3. The van der Waals surface area contributed by atoms with Crippen molar-refractivity contribution in [2.45, 2.75) is 51.3 Å². The van der Waals surface area contributed by atoms with Gasteiger partial charge in [-0.15, -0.1) is 5.10 Å². The highest BCUT2D eigenvalue weighted by molar-refractivity contribution is 5.75. The Kier molecular flexibility index (Phi) is 4.76. The summed E-state index contributed by atoms with van der Waals surface area (Å²) in [4.78, 5) is 14.4. The quantitative estimate of drug-likeness (QED) is 0.892. The summed E-state index contributed by atoms with van der Waals surface area (Å²) in [6.45, 7) is 6.15. The van der Waals surface area contributed by atoms with Crippen molar-refractivity contribution in [3.8, 4) is 5.69 Å². The summed E-state index contributed by atoms with van der Waals surface area (Å²) in [6, 6.07) is 7.44. The molecule has 25 heavy (non-hydrogen) atoms. The van der Waals surface area contributed by atoms with Crippen molar-refractivity contribution in [2.24, 2.45) is 0 Å². The van der Waals surface area contributed by atoms with E-state index < -0.39 is 5.60 Å². The van der Waals surface area contributed by atoms with Crippen LogP contribution in [-0.4, -0.2) is 49.2 Å². The van der Waals surface area contributed by atoms with Gasteiger partial charge in [0.15, 0.2) is 0 Å². The molecule has 0 radical (unpaired) electrons. The number of amides is 2. The van der Waals surface area contributed by atoms with Crippen LogP contribution < -0.4 is 5.32 Å². The van der Waals surface area contributed by atoms with Gasteiger partial charge < -0.3 is 15.3 Å². The highest BCUT2D eigenvalue weighted by atomic mass is 16.3. The Morgan fingerprint density at radius 1 is 1.36 bits per heavy atom. The van der Waals surface area contributed by atoms with Gasteiger partial charge in [-0.3, -0.25) is 0 Å². The van der Waals surface area contributed by atoms with Crippen LogP contribution in [-0.2, 0) is 0 Å². The minimum atomic E-state index is -0.892. The summed E-state index contributed by atoms with van der Waals surface area (Å²) < 4.78 is 1.69. The number of urea groups is 1. The van der Waals surface area contributed by atoms with Crippen LogP contribution in [0.25, 0.3) is 5.69 Å². The fraction of sp³-hybridized carbons (Fsp3) is 0.500. The summed E-state index contributed by atoms with van der Waals surface area (Å²) in [5, 5.41) is 21.1. The molecule has 2 amide bonds. The first-order chi connectivity index (χ1) is 11.9. The maximum atomic E-state index is 12.6. The predicted molar refractivity (Wildman–Crippen MR) is 94.3 cm³/mol. The Bertz CT molecular complexity index is 706. The Balaban J connectivity index is 1.65. The molecule has 7 heteroatoms. The largest absolute Gasteiger partial charge is 0.388 e. The van der Waals surface area contributed by atoms with Crippen molar-refractivity contribution in [1.29, 1.82) is 0 Å². The van der Waals surface area contributed by atoms with Crippen LogP contribution in [0.5, 0.6) is 0 Å². The zero-order valence-electron chi connectivity index (χ0n) is 14.9. The molecular weight excluding hydrogens is 318 g/mol. The molecule has 0 spiro atoms. The Morgan fingerprint density at radius 3 is 2.68 bits per heavy atom. The van der Waals surface area contributed by atoms with Crippen LogP contribution in [0.15, 0.2) is 36.7 Å². The lowest BCUT2D eigenvalue weighted by atomic mass is 9.97. The molecule has 0 bridgehead atoms. The number of carbonyl (C=O) groups is 1. The van der Waals surface area contributed by atoms with Crippen LogP contribution >= 0.6 is 0 Å². The summed E-state index contributed by atoms with van der Waals surface area (Å²) in [7, 11) is 0. The second-order valence-electron chi connectivity index (χ2n) is 7.12. The van der Waals surface area contributed by atoms with Crippen molar-refractivity contribution in [3.05, 3.63) is 42.2 Å². The van der Waals surface area contributed by atoms with E-state index in [1.54, 1.807) is 35.8 Å². The Labute approximate surface area is 147 Å². The van der Waals surface area contributed by atoms with Crippen molar-refractivity contribution < 1.29 is 9.90 Å². The van der Waals surface area contributed by atoms with Crippen LogP contribution in [0, 0.1) is 0 Å². The lowest BCUT2D eigenvalue weighted by Gasteiger charge is -2.34. The second kappa shape index (κ2) is 6.84. The molecule has 0 saturated carbocycles. The molecule has 134 valence electrons. The van der Waals surface area contributed by atoms with Crippen LogP contribution in [0.3, 0.4) is 0 Å². The first kappa shape index (κ1) is 17.4. The fourth-order valence-corrected chi connectivity index (χ4v) is 3.36. The Morgan fingerprint density at radius 2 is 2.08 bits per heavy atom. The van der Waals surface area contributed by atoms with Crippen LogP contribution in [0.4, 0.5) is 4.79 Å². The smallest absolute Gasteiger partial charge is 0.318 e. The Hall–Kier alpha value is -2.41. The monoisotopic (exact) mass is 343 g/mol. The predicted octanol–water partition coefficient (Wildman–Crippen LogP) is 2.27. The van der Waals surface area contributed by atoms with Crippen LogP contribution in [0.2, 0.25) is 0 Å². The van der Waals surface area contributed by atoms with Crippen molar-refractivity contribution in [3.63, 3.8) is 0 Å². The summed E-state index contributed by atoms with van der Waals surface area (Å²) in [6.07, 6.45) is 5.16. The van der Waals surface area contributed by atoms with Gasteiger partial charge >= 0.3 is 6.03 Å². The number of rotatable bonds is 4. The SMILES string of the molecule is C[C@@H](NC(=O)N1CCC[C@H]1C(C)(C)O)c1ccc(-n2ccnn2)cc1. The molecule has 2 N–H and O–H groups in total. The van der Waals surface area contributed by atoms with Gasteiger partial charge in [-0.2, -0.15) is 0 Å². The van der Waals surface area contributed by atoms with Crippen molar-refractivity contribution in [1.82, 2.24) is 25.2 Å². The number of nitrogens with one attached hydrogen (secondary N) is 1. The van der Waals surface area contributed by atoms with E-state index in [-0.39, 0.29) is 18.1 Å². The van der Waals surface area contributed by atoms with Gasteiger partial charge in [0.1, 0.15) is 0 Å². The highest BCUT2D eigenvalue weighted by Gasteiger charge is 2.38. The normalized spacial score (nSPS) is 19.0. The summed E-state index contributed by atoms with van der Waals surface area (Å²) in [5.74, 6) is 0. The maximum absolute atomic E-state index is 12.6. The van der Waals surface area contributed by atoms with E-state index in [1.807, 2.05) is 31.2 Å². The molecule has 1 aliphatic rings. The average molecular weight is 343 g/mol. The molecule has 1 aromatic heterocycles. The second-order valence-corrected chi connectivity index (χ2v) is 7.12.